The van der Waals surface area contributed by atoms with E-state index in [1.807, 2.05) is 0 Å². The fraction of sp³-hybridized carbons (Fsp3) is 0.667. The van der Waals surface area contributed by atoms with E-state index in [1.54, 1.807) is 18.0 Å². The molecule has 0 aliphatic carbocycles. The molecule has 0 unspecified atom stereocenters. The van der Waals surface area contributed by atoms with Crippen LogP contribution < -0.4 is 10.9 Å². The molecule has 0 spiro atoms. The lowest BCUT2D eigenvalue weighted by molar-refractivity contribution is 0.667. The van der Waals surface area contributed by atoms with Crippen molar-refractivity contribution in [2.75, 3.05) is 12.3 Å². The molecule has 0 amide bonds. The van der Waals surface area contributed by atoms with Gasteiger partial charge < -0.3 is 10.3 Å². The van der Waals surface area contributed by atoms with Crippen molar-refractivity contribution in [3.05, 3.63) is 27.9 Å². The molecule has 96 valence electrons. The number of hydrogen-bond acceptors (Lipinski definition) is 4. The first-order valence-corrected chi connectivity index (χ1v) is 7.29. The molecule has 0 aliphatic rings. The Hall–Kier alpha value is -0.810. The number of hydrogen-bond donors (Lipinski definition) is 2. The number of H-pyrrole nitrogens is 1. The SMILES string of the molecule is CCCNCc1cnc(CSCCC)[nH]c1=O. The van der Waals surface area contributed by atoms with Gasteiger partial charge in [0.25, 0.3) is 5.56 Å². The van der Waals surface area contributed by atoms with Crippen molar-refractivity contribution in [3.8, 4) is 0 Å². The highest BCUT2D eigenvalue weighted by atomic mass is 32.2. The van der Waals surface area contributed by atoms with Crippen LogP contribution in [0.4, 0.5) is 0 Å². The third-order valence-corrected chi connectivity index (χ3v) is 3.43. The van der Waals surface area contributed by atoms with Crippen molar-refractivity contribution < 1.29 is 0 Å². The van der Waals surface area contributed by atoms with Crippen LogP contribution in [0.2, 0.25) is 0 Å². The minimum absolute atomic E-state index is 0.0179. The van der Waals surface area contributed by atoms with E-state index in [-0.39, 0.29) is 5.56 Å². The minimum Gasteiger partial charge on any atom is -0.312 e. The van der Waals surface area contributed by atoms with E-state index in [9.17, 15) is 4.79 Å². The number of rotatable bonds is 8. The van der Waals surface area contributed by atoms with Crippen LogP contribution in [-0.2, 0) is 12.3 Å². The number of aromatic amines is 1. The molecule has 17 heavy (non-hydrogen) atoms. The summed E-state index contributed by atoms with van der Waals surface area (Å²) >= 11 is 1.79. The van der Waals surface area contributed by atoms with Crippen molar-refractivity contribution in [2.24, 2.45) is 0 Å². The molecule has 0 atom stereocenters. The maximum atomic E-state index is 11.7. The molecule has 0 fully saturated rings. The van der Waals surface area contributed by atoms with Crippen LogP contribution in [0.1, 0.15) is 38.1 Å². The van der Waals surface area contributed by atoms with Crippen LogP contribution in [0.25, 0.3) is 0 Å². The largest absolute Gasteiger partial charge is 0.312 e. The van der Waals surface area contributed by atoms with E-state index >= 15 is 0 Å². The first-order chi connectivity index (χ1) is 8.27. The van der Waals surface area contributed by atoms with E-state index in [0.29, 0.717) is 12.1 Å². The first-order valence-electron chi connectivity index (χ1n) is 6.13. The zero-order chi connectivity index (χ0) is 12.5. The fourth-order valence-corrected chi connectivity index (χ4v) is 2.14. The lowest BCUT2D eigenvalue weighted by atomic mass is 10.3. The van der Waals surface area contributed by atoms with Crippen molar-refractivity contribution in [3.63, 3.8) is 0 Å². The van der Waals surface area contributed by atoms with Gasteiger partial charge in [0, 0.05) is 18.3 Å². The Labute approximate surface area is 107 Å². The van der Waals surface area contributed by atoms with Gasteiger partial charge in [-0.25, -0.2) is 4.98 Å². The monoisotopic (exact) mass is 255 g/mol. The van der Waals surface area contributed by atoms with E-state index in [2.05, 4.69) is 29.1 Å². The van der Waals surface area contributed by atoms with Gasteiger partial charge in [-0.2, -0.15) is 11.8 Å². The van der Waals surface area contributed by atoms with Crippen LogP contribution >= 0.6 is 11.8 Å². The van der Waals surface area contributed by atoms with E-state index in [4.69, 9.17) is 0 Å². The summed E-state index contributed by atoms with van der Waals surface area (Å²) in [4.78, 5) is 18.8. The summed E-state index contributed by atoms with van der Waals surface area (Å²) in [5, 5.41) is 3.20. The Morgan fingerprint density at radius 3 is 2.88 bits per heavy atom. The minimum atomic E-state index is -0.0179. The summed E-state index contributed by atoms with van der Waals surface area (Å²) in [6, 6.07) is 0. The summed E-state index contributed by atoms with van der Waals surface area (Å²) in [5.41, 5.74) is 0.693. The van der Waals surface area contributed by atoms with E-state index in [1.165, 1.54) is 0 Å². The molecular weight excluding hydrogens is 234 g/mol. The van der Waals surface area contributed by atoms with Crippen molar-refractivity contribution in [1.82, 2.24) is 15.3 Å². The Bertz CT molecular complexity index is 378. The van der Waals surface area contributed by atoms with Crippen molar-refractivity contribution in [2.45, 2.75) is 39.0 Å². The maximum absolute atomic E-state index is 11.7. The van der Waals surface area contributed by atoms with Gasteiger partial charge in [0.05, 0.1) is 5.75 Å². The molecule has 0 bridgehead atoms. The van der Waals surface area contributed by atoms with Crippen LogP contribution in [0, 0.1) is 0 Å². The third-order valence-electron chi connectivity index (χ3n) is 2.26. The van der Waals surface area contributed by atoms with Crippen LogP contribution in [0.3, 0.4) is 0 Å². The average molecular weight is 255 g/mol. The number of aromatic nitrogens is 2. The fourth-order valence-electron chi connectivity index (χ4n) is 1.37. The molecule has 0 radical (unpaired) electrons. The van der Waals surface area contributed by atoms with Gasteiger partial charge in [0.1, 0.15) is 5.82 Å². The second-order valence-corrected chi connectivity index (χ2v) is 5.02. The van der Waals surface area contributed by atoms with Gasteiger partial charge in [0.2, 0.25) is 0 Å². The van der Waals surface area contributed by atoms with Crippen LogP contribution in [0.5, 0.6) is 0 Å². The Morgan fingerprint density at radius 1 is 1.41 bits per heavy atom. The Morgan fingerprint density at radius 2 is 2.24 bits per heavy atom. The maximum Gasteiger partial charge on any atom is 0.255 e. The van der Waals surface area contributed by atoms with Gasteiger partial charge in [-0.3, -0.25) is 4.79 Å². The zero-order valence-electron chi connectivity index (χ0n) is 10.6. The molecule has 0 aliphatic heterocycles. The molecule has 4 nitrogen and oxygen atoms in total. The van der Waals surface area contributed by atoms with E-state index < -0.39 is 0 Å². The topological polar surface area (TPSA) is 57.8 Å². The third kappa shape index (κ3) is 5.37. The number of nitrogens with zero attached hydrogens (tertiary/aromatic N) is 1. The highest BCUT2D eigenvalue weighted by molar-refractivity contribution is 7.98. The molecule has 0 saturated carbocycles. The molecule has 1 heterocycles. The predicted octanol–water partition coefficient (Wildman–Crippen LogP) is 1.91. The molecule has 1 aromatic heterocycles. The summed E-state index contributed by atoms with van der Waals surface area (Å²) in [6.45, 7) is 5.77. The smallest absolute Gasteiger partial charge is 0.255 e. The van der Waals surface area contributed by atoms with Crippen molar-refractivity contribution >= 4 is 11.8 Å². The predicted molar refractivity (Wildman–Crippen MR) is 73.3 cm³/mol. The molecule has 0 saturated heterocycles. The second kappa shape index (κ2) is 8.31. The van der Waals surface area contributed by atoms with Gasteiger partial charge >= 0.3 is 0 Å². The molecule has 1 aromatic rings. The average Bonchev–Trinajstić information content (AvgIpc) is 2.32. The molecule has 5 heteroatoms. The Kier molecular flexibility index (Phi) is 6.96. The second-order valence-electron chi connectivity index (χ2n) is 3.91. The zero-order valence-corrected chi connectivity index (χ0v) is 11.4. The van der Waals surface area contributed by atoms with Crippen LogP contribution in [-0.4, -0.2) is 22.3 Å². The molecule has 0 aromatic carbocycles. The molecule has 2 N–H and O–H groups in total. The van der Waals surface area contributed by atoms with E-state index in [0.717, 1.165) is 36.7 Å². The van der Waals surface area contributed by atoms with Gasteiger partial charge in [-0.1, -0.05) is 13.8 Å². The summed E-state index contributed by atoms with van der Waals surface area (Å²) in [5.74, 6) is 2.66. The molecule has 1 rings (SSSR count). The number of thioether (sulfide) groups is 1. The van der Waals surface area contributed by atoms with Crippen molar-refractivity contribution in [1.29, 1.82) is 0 Å². The lowest BCUT2D eigenvalue weighted by Crippen LogP contribution is -2.23. The summed E-state index contributed by atoms with van der Waals surface area (Å²) in [6.07, 6.45) is 3.90. The molecular formula is C12H21N3OS. The standard InChI is InChI=1S/C12H21N3OS/c1-3-5-13-7-10-8-14-11(15-12(10)16)9-17-6-4-2/h8,13H,3-7,9H2,1-2H3,(H,14,15,16). The number of nitrogens with one attached hydrogen (secondary N) is 2. The lowest BCUT2D eigenvalue weighted by Gasteiger charge is -2.04. The quantitative estimate of drug-likeness (QED) is 0.697. The van der Waals surface area contributed by atoms with Crippen LogP contribution in [0.15, 0.2) is 11.0 Å². The highest BCUT2D eigenvalue weighted by Crippen LogP contribution is 2.07. The Balaban J connectivity index is 2.50. The summed E-state index contributed by atoms with van der Waals surface area (Å²) in [7, 11) is 0. The van der Waals surface area contributed by atoms with Gasteiger partial charge in [0.15, 0.2) is 0 Å². The first kappa shape index (κ1) is 14.3. The highest BCUT2D eigenvalue weighted by Gasteiger charge is 2.02. The van der Waals surface area contributed by atoms with Gasteiger partial charge in [-0.15, -0.1) is 0 Å². The van der Waals surface area contributed by atoms with Gasteiger partial charge in [-0.05, 0) is 25.1 Å². The summed E-state index contributed by atoms with van der Waals surface area (Å²) < 4.78 is 0. The normalized spacial score (nSPS) is 10.7.